The van der Waals surface area contributed by atoms with Gasteiger partial charge in [0, 0.05) is 11.6 Å². The first-order valence-corrected chi connectivity index (χ1v) is 7.35. The fourth-order valence-corrected chi connectivity index (χ4v) is 2.18. The molecule has 0 bridgehead atoms. The standard InChI is InChI=1S/C19H20O4/c1-4-23-19(20)12-8-16-13-15(7-11-18(16)22-3)14-5-9-17(21-2)10-6-14/h5-13H,4H2,1-3H3/b12-8+. The average molecular weight is 312 g/mol. The van der Waals surface area contributed by atoms with E-state index < -0.39 is 0 Å². The minimum atomic E-state index is -0.371. The van der Waals surface area contributed by atoms with Crippen LogP contribution in [0.4, 0.5) is 0 Å². The van der Waals surface area contributed by atoms with E-state index in [0.717, 1.165) is 22.4 Å². The van der Waals surface area contributed by atoms with E-state index in [1.807, 2.05) is 42.5 Å². The van der Waals surface area contributed by atoms with Crippen molar-refractivity contribution in [3.8, 4) is 22.6 Å². The molecule has 0 N–H and O–H groups in total. The summed E-state index contributed by atoms with van der Waals surface area (Å²) in [5, 5.41) is 0. The summed E-state index contributed by atoms with van der Waals surface area (Å²) in [6.07, 6.45) is 3.10. The number of carbonyl (C=O) groups is 1. The van der Waals surface area contributed by atoms with Crippen LogP contribution in [0.1, 0.15) is 12.5 Å². The number of carbonyl (C=O) groups excluding carboxylic acids is 1. The predicted molar refractivity (Wildman–Crippen MR) is 90.6 cm³/mol. The van der Waals surface area contributed by atoms with Gasteiger partial charge in [-0.05, 0) is 48.4 Å². The van der Waals surface area contributed by atoms with Gasteiger partial charge in [-0.2, -0.15) is 0 Å². The van der Waals surface area contributed by atoms with Gasteiger partial charge in [0.05, 0.1) is 20.8 Å². The van der Waals surface area contributed by atoms with Crippen LogP contribution in [0.2, 0.25) is 0 Å². The topological polar surface area (TPSA) is 44.8 Å². The van der Waals surface area contributed by atoms with Gasteiger partial charge in [0.1, 0.15) is 11.5 Å². The second-order valence-electron chi connectivity index (χ2n) is 4.77. The molecule has 0 fully saturated rings. The lowest BCUT2D eigenvalue weighted by Crippen LogP contribution is -1.98. The maximum atomic E-state index is 11.5. The lowest BCUT2D eigenvalue weighted by Gasteiger charge is -2.09. The molecule has 0 aromatic heterocycles. The zero-order chi connectivity index (χ0) is 16.7. The van der Waals surface area contributed by atoms with E-state index >= 15 is 0 Å². The fourth-order valence-electron chi connectivity index (χ4n) is 2.18. The van der Waals surface area contributed by atoms with Crippen molar-refractivity contribution in [1.29, 1.82) is 0 Å². The van der Waals surface area contributed by atoms with Gasteiger partial charge in [-0.25, -0.2) is 4.79 Å². The second kappa shape index (κ2) is 8.03. The van der Waals surface area contributed by atoms with Gasteiger partial charge in [-0.3, -0.25) is 0 Å². The van der Waals surface area contributed by atoms with E-state index in [2.05, 4.69) is 0 Å². The summed E-state index contributed by atoms with van der Waals surface area (Å²) in [4.78, 5) is 11.5. The molecule has 0 unspecified atom stereocenters. The van der Waals surface area contributed by atoms with Gasteiger partial charge in [-0.15, -0.1) is 0 Å². The quantitative estimate of drug-likeness (QED) is 0.598. The van der Waals surface area contributed by atoms with E-state index in [-0.39, 0.29) is 5.97 Å². The van der Waals surface area contributed by atoms with Gasteiger partial charge in [0.25, 0.3) is 0 Å². The number of hydrogen-bond donors (Lipinski definition) is 0. The van der Waals surface area contributed by atoms with Crippen molar-refractivity contribution in [2.24, 2.45) is 0 Å². The SMILES string of the molecule is CCOC(=O)/C=C/c1cc(-c2ccc(OC)cc2)ccc1OC. The lowest BCUT2D eigenvalue weighted by molar-refractivity contribution is -0.137. The third-order valence-corrected chi connectivity index (χ3v) is 3.34. The molecule has 23 heavy (non-hydrogen) atoms. The summed E-state index contributed by atoms with van der Waals surface area (Å²) in [7, 11) is 3.24. The number of rotatable bonds is 6. The van der Waals surface area contributed by atoms with E-state index in [1.54, 1.807) is 27.2 Å². The summed E-state index contributed by atoms with van der Waals surface area (Å²) in [6, 6.07) is 13.6. The van der Waals surface area contributed by atoms with Crippen molar-refractivity contribution in [3.05, 3.63) is 54.1 Å². The second-order valence-corrected chi connectivity index (χ2v) is 4.77. The molecule has 0 atom stereocenters. The Balaban J connectivity index is 2.32. The summed E-state index contributed by atoms with van der Waals surface area (Å²) in [5.74, 6) is 1.14. The Kier molecular flexibility index (Phi) is 5.80. The summed E-state index contributed by atoms with van der Waals surface area (Å²) in [5.41, 5.74) is 2.89. The number of ether oxygens (including phenoxy) is 3. The molecule has 120 valence electrons. The van der Waals surface area contributed by atoms with Crippen molar-refractivity contribution in [1.82, 2.24) is 0 Å². The maximum Gasteiger partial charge on any atom is 0.330 e. The average Bonchev–Trinajstić information content (AvgIpc) is 2.60. The molecule has 0 saturated heterocycles. The maximum absolute atomic E-state index is 11.5. The fraction of sp³-hybridized carbons (Fsp3) is 0.211. The largest absolute Gasteiger partial charge is 0.497 e. The minimum absolute atomic E-state index is 0.353. The molecule has 0 radical (unpaired) electrons. The Morgan fingerprint density at radius 3 is 2.30 bits per heavy atom. The third kappa shape index (κ3) is 4.36. The van der Waals surface area contributed by atoms with Crippen molar-refractivity contribution >= 4 is 12.0 Å². The van der Waals surface area contributed by atoms with Crippen molar-refractivity contribution in [2.45, 2.75) is 6.92 Å². The normalized spacial score (nSPS) is 10.6. The smallest absolute Gasteiger partial charge is 0.330 e. The molecule has 0 aliphatic heterocycles. The molecular formula is C19H20O4. The van der Waals surface area contributed by atoms with Crippen LogP contribution < -0.4 is 9.47 Å². The Hall–Kier alpha value is -2.75. The number of hydrogen-bond acceptors (Lipinski definition) is 4. The molecule has 2 aromatic carbocycles. The first-order valence-electron chi connectivity index (χ1n) is 7.35. The number of esters is 1. The molecular weight excluding hydrogens is 292 g/mol. The molecule has 0 spiro atoms. The Labute approximate surface area is 136 Å². The van der Waals surface area contributed by atoms with E-state index in [9.17, 15) is 4.79 Å². The highest BCUT2D eigenvalue weighted by atomic mass is 16.5. The zero-order valence-corrected chi connectivity index (χ0v) is 13.5. The van der Waals surface area contributed by atoms with E-state index in [1.165, 1.54) is 6.08 Å². The van der Waals surface area contributed by atoms with Crippen LogP contribution in [0.5, 0.6) is 11.5 Å². The molecule has 2 rings (SSSR count). The molecule has 0 saturated carbocycles. The molecule has 2 aromatic rings. The van der Waals surface area contributed by atoms with Gasteiger partial charge in [-0.1, -0.05) is 18.2 Å². The summed E-state index contributed by atoms with van der Waals surface area (Å²) < 4.78 is 15.4. The van der Waals surface area contributed by atoms with Crippen molar-refractivity contribution < 1.29 is 19.0 Å². The zero-order valence-electron chi connectivity index (χ0n) is 13.5. The van der Waals surface area contributed by atoms with Gasteiger partial charge < -0.3 is 14.2 Å². The monoisotopic (exact) mass is 312 g/mol. The van der Waals surface area contributed by atoms with Crippen LogP contribution in [0.25, 0.3) is 17.2 Å². The third-order valence-electron chi connectivity index (χ3n) is 3.34. The van der Waals surface area contributed by atoms with Crippen LogP contribution in [-0.2, 0) is 9.53 Å². The lowest BCUT2D eigenvalue weighted by atomic mass is 10.0. The minimum Gasteiger partial charge on any atom is -0.497 e. The molecule has 0 aliphatic carbocycles. The molecule has 0 amide bonds. The van der Waals surface area contributed by atoms with Crippen LogP contribution in [0.15, 0.2) is 48.5 Å². The van der Waals surface area contributed by atoms with Crippen LogP contribution in [-0.4, -0.2) is 26.8 Å². The van der Waals surface area contributed by atoms with Gasteiger partial charge in [0.15, 0.2) is 0 Å². The molecule has 4 nitrogen and oxygen atoms in total. The van der Waals surface area contributed by atoms with Crippen LogP contribution in [0, 0.1) is 0 Å². The van der Waals surface area contributed by atoms with Crippen LogP contribution in [0.3, 0.4) is 0 Å². The van der Waals surface area contributed by atoms with E-state index in [0.29, 0.717) is 12.4 Å². The molecule has 4 heteroatoms. The van der Waals surface area contributed by atoms with Crippen molar-refractivity contribution in [3.63, 3.8) is 0 Å². The Bertz CT molecular complexity index is 687. The van der Waals surface area contributed by atoms with Gasteiger partial charge >= 0.3 is 5.97 Å². The molecule has 0 heterocycles. The van der Waals surface area contributed by atoms with Gasteiger partial charge in [0.2, 0.25) is 0 Å². The first-order chi connectivity index (χ1) is 11.2. The van der Waals surface area contributed by atoms with E-state index in [4.69, 9.17) is 14.2 Å². The molecule has 0 aliphatic rings. The highest BCUT2D eigenvalue weighted by Crippen LogP contribution is 2.28. The summed E-state index contributed by atoms with van der Waals surface area (Å²) >= 11 is 0. The predicted octanol–water partition coefficient (Wildman–Crippen LogP) is 3.95. The first kappa shape index (κ1) is 16.6. The Morgan fingerprint density at radius 1 is 1.00 bits per heavy atom. The number of methoxy groups -OCH3 is 2. The highest BCUT2D eigenvalue weighted by molar-refractivity contribution is 5.88. The number of benzene rings is 2. The van der Waals surface area contributed by atoms with Crippen molar-refractivity contribution in [2.75, 3.05) is 20.8 Å². The highest BCUT2D eigenvalue weighted by Gasteiger charge is 2.05. The van der Waals surface area contributed by atoms with Crippen LogP contribution >= 0.6 is 0 Å². The Morgan fingerprint density at radius 2 is 1.70 bits per heavy atom. The summed E-state index contributed by atoms with van der Waals surface area (Å²) in [6.45, 7) is 2.13.